The summed E-state index contributed by atoms with van der Waals surface area (Å²) in [4.78, 5) is 21.7. The molecule has 106 valence electrons. The Hall–Kier alpha value is -1.31. The maximum Gasteiger partial charge on any atom is 0.490 e. The monoisotopic (exact) mass is 270 g/mol. The van der Waals surface area contributed by atoms with E-state index in [1.54, 1.807) is 6.92 Å². The number of carbonyl (C=O) groups is 2. The van der Waals surface area contributed by atoms with Crippen molar-refractivity contribution in [3.63, 3.8) is 0 Å². The van der Waals surface area contributed by atoms with E-state index in [9.17, 15) is 18.0 Å². The lowest BCUT2D eigenvalue weighted by atomic mass is 10.1. The van der Waals surface area contributed by atoms with Crippen LogP contribution in [0.5, 0.6) is 0 Å². The van der Waals surface area contributed by atoms with Gasteiger partial charge in [0, 0.05) is 20.0 Å². The topological polar surface area (TPSA) is 69.6 Å². The van der Waals surface area contributed by atoms with Crippen LogP contribution in [-0.2, 0) is 9.59 Å². The van der Waals surface area contributed by atoms with Gasteiger partial charge in [0.05, 0.1) is 0 Å². The Morgan fingerprint density at radius 2 is 1.67 bits per heavy atom. The van der Waals surface area contributed by atoms with Gasteiger partial charge in [0.25, 0.3) is 0 Å². The highest BCUT2D eigenvalue weighted by molar-refractivity contribution is 5.73. The maximum absolute atomic E-state index is 10.9. The van der Waals surface area contributed by atoms with Gasteiger partial charge in [0.15, 0.2) is 0 Å². The predicted octanol–water partition coefficient (Wildman–Crippen LogP) is 0.850. The van der Waals surface area contributed by atoms with E-state index in [4.69, 9.17) is 9.90 Å². The van der Waals surface area contributed by atoms with Crippen LogP contribution in [0.2, 0.25) is 0 Å². The molecule has 1 aliphatic heterocycles. The fraction of sp³-hybridized carbons (Fsp3) is 0.800. The summed E-state index contributed by atoms with van der Waals surface area (Å²) < 4.78 is 31.7. The minimum atomic E-state index is -5.08. The fourth-order valence-corrected chi connectivity index (χ4v) is 1.45. The van der Waals surface area contributed by atoms with Gasteiger partial charge in [-0.25, -0.2) is 4.79 Å². The zero-order chi connectivity index (χ0) is 14.3. The standard InChI is InChI=1S/C8H16N2O.C2HF3O2/c1-7(11)10(2)8-3-5-9-6-4-8;3-2(4,5)1(6)7/h8-9H,3-6H2,1-2H3;(H,6,7). The molecule has 1 saturated heterocycles. The van der Waals surface area contributed by atoms with Crippen LogP contribution in [0.15, 0.2) is 0 Å². The van der Waals surface area contributed by atoms with Crippen LogP contribution in [0.3, 0.4) is 0 Å². The van der Waals surface area contributed by atoms with Crippen molar-refractivity contribution in [1.82, 2.24) is 10.2 Å². The maximum atomic E-state index is 10.9. The molecule has 1 heterocycles. The van der Waals surface area contributed by atoms with Crippen LogP contribution in [0.4, 0.5) is 13.2 Å². The molecule has 0 aromatic heterocycles. The van der Waals surface area contributed by atoms with Gasteiger partial charge < -0.3 is 15.3 Å². The van der Waals surface area contributed by atoms with Crippen LogP contribution >= 0.6 is 0 Å². The van der Waals surface area contributed by atoms with Gasteiger partial charge in [-0.15, -0.1) is 0 Å². The summed E-state index contributed by atoms with van der Waals surface area (Å²) in [6.45, 7) is 3.71. The first-order valence-electron chi connectivity index (χ1n) is 5.40. The summed E-state index contributed by atoms with van der Waals surface area (Å²) in [5.41, 5.74) is 0. The quantitative estimate of drug-likeness (QED) is 0.741. The smallest absolute Gasteiger partial charge is 0.475 e. The summed E-state index contributed by atoms with van der Waals surface area (Å²) in [5, 5.41) is 10.4. The molecular weight excluding hydrogens is 253 g/mol. The number of aliphatic carboxylic acids is 1. The van der Waals surface area contributed by atoms with Crippen molar-refractivity contribution in [3.8, 4) is 0 Å². The Bertz CT molecular complexity index is 289. The molecule has 1 amide bonds. The second-order valence-corrected chi connectivity index (χ2v) is 3.91. The molecule has 2 N–H and O–H groups in total. The molecule has 0 spiro atoms. The molecule has 8 heteroatoms. The molecule has 1 rings (SSSR count). The first kappa shape index (κ1) is 16.7. The molecular formula is C10H17F3N2O3. The van der Waals surface area contributed by atoms with Crippen LogP contribution in [0.25, 0.3) is 0 Å². The van der Waals surface area contributed by atoms with Crippen LogP contribution in [-0.4, -0.2) is 54.2 Å². The first-order chi connectivity index (χ1) is 8.16. The minimum absolute atomic E-state index is 0.178. The zero-order valence-electron chi connectivity index (χ0n) is 10.3. The van der Waals surface area contributed by atoms with Crippen molar-refractivity contribution in [1.29, 1.82) is 0 Å². The number of rotatable bonds is 1. The van der Waals surface area contributed by atoms with E-state index in [1.165, 1.54) is 0 Å². The molecule has 0 aliphatic carbocycles. The molecule has 0 aromatic rings. The van der Waals surface area contributed by atoms with Crippen molar-refractivity contribution < 1.29 is 27.9 Å². The number of halogens is 3. The van der Waals surface area contributed by atoms with Crippen LogP contribution in [0, 0.1) is 0 Å². The number of hydrogen-bond acceptors (Lipinski definition) is 3. The number of carboxylic acids is 1. The van der Waals surface area contributed by atoms with Crippen molar-refractivity contribution in [2.75, 3.05) is 20.1 Å². The van der Waals surface area contributed by atoms with Gasteiger partial charge in [-0.2, -0.15) is 13.2 Å². The zero-order valence-corrected chi connectivity index (χ0v) is 10.3. The van der Waals surface area contributed by atoms with Gasteiger partial charge >= 0.3 is 12.1 Å². The van der Waals surface area contributed by atoms with Crippen molar-refractivity contribution in [2.45, 2.75) is 32.0 Å². The van der Waals surface area contributed by atoms with Gasteiger partial charge in [-0.3, -0.25) is 4.79 Å². The highest BCUT2D eigenvalue weighted by atomic mass is 19.4. The summed E-state index contributed by atoms with van der Waals surface area (Å²) in [6.07, 6.45) is -2.90. The van der Waals surface area contributed by atoms with Crippen molar-refractivity contribution in [3.05, 3.63) is 0 Å². The fourth-order valence-electron chi connectivity index (χ4n) is 1.45. The number of nitrogens with zero attached hydrogens (tertiary/aromatic N) is 1. The lowest BCUT2D eigenvalue weighted by Gasteiger charge is -2.30. The van der Waals surface area contributed by atoms with Gasteiger partial charge in [0.2, 0.25) is 5.91 Å². The third-order valence-corrected chi connectivity index (χ3v) is 2.60. The molecule has 5 nitrogen and oxygen atoms in total. The number of nitrogens with one attached hydrogen (secondary N) is 1. The van der Waals surface area contributed by atoms with Crippen molar-refractivity contribution >= 4 is 11.9 Å². The van der Waals surface area contributed by atoms with E-state index in [1.807, 2.05) is 11.9 Å². The van der Waals surface area contributed by atoms with E-state index in [0.29, 0.717) is 6.04 Å². The average Bonchev–Trinajstić information content (AvgIpc) is 2.28. The molecule has 0 atom stereocenters. The van der Waals surface area contributed by atoms with Gasteiger partial charge in [-0.05, 0) is 25.9 Å². The molecule has 0 unspecified atom stereocenters. The molecule has 1 aliphatic rings. The number of amides is 1. The van der Waals surface area contributed by atoms with Crippen molar-refractivity contribution in [2.24, 2.45) is 0 Å². The summed E-state index contributed by atoms with van der Waals surface area (Å²) >= 11 is 0. The molecule has 0 saturated carbocycles. The highest BCUT2D eigenvalue weighted by Gasteiger charge is 2.38. The summed E-state index contributed by atoms with van der Waals surface area (Å²) in [6, 6.07) is 0.466. The molecule has 0 aromatic carbocycles. The average molecular weight is 270 g/mol. The SMILES string of the molecule is CC(=O)N(C)C1CCNCC1.O=C(O)C(F)(F)F. The molecule has 0 bridgehead atoms. The number of carboxylic acid groups (broad SMARTS) is 1. The van der Waals surface area contributed by atoms with E-state index >= 15 is 0 Å². The van der Waals surface area contributed by atoms with Crippen LogP contribution in [0.1, 0.15) is 19.8 Å². The minimum Gasteiger partial charge on any atom is -0.475 e. The molecule has 0 radical (unpaired) electrons. The number of piperidine rings is 1. The van der Waals surface area contributed by atoms with E-state index in [-0.39, 0.29) is 5.91 Å². The predicted molar refractivity (Wildman–Crippen MR) is 58.0 cm³/mol. The second-order valence-electron chi connectivity index (χ2n) is 3.91. The van der Waals surface area contributed by atoms with E-state index < -0.39 is 12.1 Å². The van der Waals surface area contributed by atoms with Crippen LogP contribution < -0.4 is 5.32 Å². The van der Waals surface area contributed by atoms with E-state index in [0.717, 1.165) is 25.9 Å². The number of hydrogen-bond donors (Lipinski definition) is 2. The Labute approximate surface area is 103 Å². The molecule has 1 fully saturated rings. The molecule has 18 heavy (non-hydrogen) atoms. The Morgan fingerprint density at radius 3 is 1.94 bits per heavy atom. The largest absolute Gasteiger partial charge is 0.490 e. The second kappa shape index (κ2) is 7.20. The Morgan fingerprint density at radius 1 is 1.28 bits per heavy atom. The summed E-state index contributed by atoms with van der Waals surface area (Å²) in [5.74, 6) is -2.58. The van der Waals surface area contributed by atoms with Gasteiger partial charge in [-0.1, -0.05) is 0 Å². The lowest BCUT2D eigenvalue weighted by Crippen LogP contribution is -2.43. The third-order valence-electron chi connectivity index (χ3n) is 2.60. The number of carbonyl (C=O) groups excluding carboxylic acids is 1. The Kier molecular flexibility index (Phi) is 6.67. The third kappa shape index (κ3) is 6.43. The van der Waals surface area contributed by atoms with E-state index in [2.05, 4.69) is 5.32 Å². The normalized spacial score (nSPS) is 16.5. The lowest BCUT2D eigenvalue weighted by molar-refractivity contribution is -0.192. The number of alkyl halides is 3. The summed E-state index contributed by atoms with van der Waals surface area (Å²) in [7, 11) is 1.89. The highest BCUT2D eigenvalue weighted by Crippen LogP contribution is 2.13. The van der Waals surface area contributed by atoms with Gasteiger partial charge in [0.1, 0.15) is 0 Å². The Balaban J connectivity index is 0.000000360. The first-order valence-corrected chi connectivity index (χ1v) is 5.40.